The van der Waals surface area contributed by atoms with Crippen LogP contribution in [-0.4, -0.2) is 19.6 Å². The Bertz CT molecular complexity index is 479. The number of rotatable bonds is 6. The monoisotopic (exact) mass is 300 g/mol. The summed E-state index contributed by atoms with van der Waals surface area (Å²) in [7, 11) is 1.66. The normalized spacial score (nSPS) is 15.6. The minimum Gasteiger partial charge on any atom is -0.368 e. The smallest absolute Gasteiger partial charge is 0.368 e. The highest BCUT2D eigenvalue weighted by molar-refractivity contribution is 5.53. The van der Waals surface area contributed by atoms with Crippen molar-refractivity contribution in [3.05, 3.63) is 29.3 Å². The summed E-state index contributed by atoms with van der Waals surface area (Å²) in [6.45, 7) is 5.21. The maximum Gasteiger partial charge on any atom is 0.416 e. The Labute approximate surface area is 124 Å². The van der Waals surface area contributed by atoms with Crippen molar-refractivity contribution in [2.45, 2.75) is 45.5 Å². The molecule has 2 rings (SSSR count). The molecule has 0 heterocycles. The van der Waals surface area contributed by atoms with Crippen LogP contribution in [-0.2, 0) is 12.7 Å². The van der Waals surface area contributed by atoms with E-state index in [2.05, 4.69) is 24.1 Å². The second-order valence-corrected chi connectivity index (χ2v) is 6.15. The van der Waals surface area contributed by atoms with Crippen LogP contribution in [0.2, 0.25) is 0 Å². The zero-order chi connectivity index (χ0) is 15.6. The molecule has 1 fully saturated rings. The van der Waals surface area contributed by atoms with Crippen LogP contribution in [0.1, 0.15) is 37.8 Å². The summed E-state index contributed by atoms with van der Waals surface area (Å²) < 4.78 is 39.7. The minimum atomic E-state index is -4.31. The van der Waals surface area contributed by atoms with Gasteiger partial charge in [-0.1, -0.05) is 19.9 Å². The average Bonchev–Trinajstić information content (AvgIpc) is 3.19. The highest BCUT2D eigenvalue weighted by Gasteiger charge is 2.35. The summed E-state index contributed by atoms with van der Waals surface area (Å²) in [5.41, 5.74) is 0.469. The number of nitrogens with zero attached hydrogens (tertiary/aromatic N) is 1. The third-order valence-corrected chi connectivity index (χ3v) is 3.65. The molecular formula is C16H23F3N2. The van der Waals surface area contributed by atoms with E-state index < -0.39 is 11.7 Å². The molecule has 5 heteroatoms. The predicted molar refractivity (Wildman–Crippen MR) is 79.4 cm³/mol. The minimum absolute atomic E-state index is 0.225. The summed E-state index contributed by atoms with van der Waals surface area (Å²) in [5, 5.41) is 2.80. The van der Waals surface area contributed by atoms with Crippen LogP contribution < -0.4 is 10.2 Å². The van der Waals surface area contributed by atoms with Gasteiger partial charge in [-0.15, -0.1) is 0 Å². The van der Waals surface area contributed by atoms with Crippen molar-refractivity contribution in [2.24, 2.45) is 5.92 Å². The number of hydrogen-bond donors (Lipinski definition) is 1. The van der Waals surface area contributed by atoms with Gasteiger partial charge in [-0.2, -0.15) is 13.2 Å². The van der Waals surface area contributed by atoms with Crippen LogP contribution in [0, 0.1) is 5.92 Å². The van der Waals surface area contributed by atoms with Gasteiger partial charge in [0.2, 0.25) is 0 Å². The van der Waals surface area contributed by atoms with Gasteiger partial charge in [-0.3, -0.25) is 0 Å². The first-order chi connectivity index (χ1) is 9.82. The second-order valence-electron chi connectivity index (χ2n) is 6.15. The molecule has 1 saturated carbocycles. The summed E-state index contributed by atoms with van der Waals surface area (Å²) in [6.07, 6.45) is -2.16. The molecule has 1 aliphatic carbocycles. The lowest BCUT2D eigenvalue weighted by molar-refractivity contribution is -0.138. The van der Waals surface area contributed by atoms with E-state index in [4.69, 9.17) is 0 Å². The van der Waals surface area contributed by atoms with Crippen LogP contribution in [0.3, 0.4) is 0 Å². The molecule has 0 aromatic heterocycles. The molecule has 0 spiro atoms. The molecule has 0 atom stereocenters. The van der Waals surface area contributed by atoms with E-state index in [1.165, 1.54) is 6.07 Å². The predicted octanol–water partition coefficient (Wildman–Crippen LogP) is 4.05. The van der Waals surface area contributed by atoms with E-state index in [0.29, 0.717) is 23.2 Å². The Morgan fingerprint density at radius 1 is 1.29 bits per heavy atom. The summed E-state index contributed by atoms with van der Waals surface area (Å²) in [4.78, 5) is 2.13. The lowest BCUT2D eigenvalue weighted by Gasteiger charge is -2.28. The summed E-state index contributed by atoms with van der Waals surface area (Å²) in [6, 6.07) is 5.14. The fourth-order valence-corrected chi connectivity index (χ4v) is 2.60. The molecule has 0 unspecified atom stereocenters. The number of anilines is 1. The van der Waals surface area contributed by atoms with Gasteiger partial charge in [0.25, 0.3) is 0 Å². The van der Waals surface area contributed by atoms with Crippen molar-refractivity contribution in [1.29, 1.82) is 0 Å². The lowest BCUT2D eigenvalue weighted by Crippen LogP contribution is -2.30. The van der Waals surface area contributed by atoms with Gasteiger partial charge in [-0.05, 0) is 43.5 Å². The van der Waals surface area contributed by atoms with Crippen LogP contribution in [0.4, 0.5) is 18.9 Å². The third kappa shape index (κ3) is 4.13. The highest BCUT2D eigenvalue weighted by Crippen LogP contribution is 2.38. The van der Waals surface area contributed by atoms with E-state index >= 15 is 0 Å². The SMILES string of the molecule is CNCc1ccc(N(CC(C)C)C2CC2)cc1C(F)(F)F. The molecule has 0 radical (unpaired) electrons. The molecule has 1 aliphatic rings. The van der Waals surface area contributed by atoms with E-state index in [0.717, 1.165) is 19.4 Å². The van der Waals surface area contributed by atoms with Crippen molar-refractivity contribution in [2.75, 3.05) is 18.5 Å². The average molecular weight is 300 g/mol. The molecule has 1 aromatic rings. The number of nitrogens with one attached hydrogen (secondary N) is 1. The molecule has 0 saturated heterocycles. The zero-order valence-electron chi connectivity index (χ0n) is 12.8. The van der Waals surface area contributed by atoms with Crippen molar-refractivity contribution in [3.63, 3.8) is 0 Å². The van der Waals surface area contributed by atoms with Crippen molar-refractivity contribution < 1.29 is 13.2 Å². The Hall–Kier alpha value is -1.23. The van der Waals surface area contributed by atoms with Gasteiger partial charge in [0.05, 0.1) is 5.56 Å². The van der Waals surface area contributed by atoms with Crippen LogP contribution in [0.25, 0.3) is 0 Å². The number of benzene rings is 1. The molecule has 1 N–H and O–H groups in total. The van der Waals surface area contributed by atoms with Crippen LogP contribution >= 0.6 is 0 Å². The van der Waals surface area contributed by atoms with Gasteiger partial charge < -0.3 is 10.2 Å². The van der Waals surface area contributed by atoms with Gasteiger partial charge in [-0.25, -0.2) is 0 Å². The Kier molecular flexibility index (Phi) is 4.81. The fourth-order valence-electron chi connectivity index (χ4n) is 2.60. The number of halogens is 3. The number of alkyl halides is 3. The van der Waals surface area contributed by atoms with Gasteiger partial charge in [0, 0.05) is 24.8 Å². The van der Waals surface area contributed by atoms with Crippen LogP contribution in [0.5, 0.6) is 0 Å². The van der Waals surface area contributed by atoms with E-state index in [1.54, 1.807) is 13.1 Å². The van der Waals surface area contributed by atoms with E-state index in [-0.39, 0.29) is 6.54 Å². The zero-order valence-corrected chi connectivity index (χ0v) is 12.8. The Morgan fingerprint density at radius 3 is 2.43 bits per heavy atom. The lowest BCUT2D eigenvalue weighted by atomic mass is 10.0. The highest BCUT2D eigenvalue weighted by atomic mass is 19.4. The van der Waals surface area contributed by atoms with Gasteiger partial charge in [0.1, 0.15) is 0 Å². The molecule has 118 valence electrons. The van der Waals surface area contributed by atoms with Gasteiger partial charge in [0.15, 0.2) is 0 Å². The maximum absolute atomic E-state index is 13.2. The van der Waals surface area contributed by atoms with Crippen molar-refractivity contribution in [1.82, 2.24) is 5.32 Å². The molecule has 21 heavy (non-hydrogen) atoms. The maximum atomic E-state index is 13.2. The van der Waals surface area contributed by atoms with Crippen molar-refractivity contribution in [3.8, 4) is 0 Å². The quantitative estimate of drug-likeness (QED) is 0.852. The summed E-state index contributed by atoms with van der Waals surface area (Å²) >= 11 is 0. The van der Waals surface area contributed by atoms with Gasteiger partial charge >= 0.3 is 6.18 Å². The molecule has 2 nitrogen and oxygen atoms in total. The topological polar surface area (TPSA) is 15.3 Å². The molecule has 0 bridgehead atoms. The van der Waals surface area contributed by atoms with Crippen molar-refractivity contribution >= 4 is 5.69 Å². The molecule has 0 amide bonds. The first kappa shape index (κ1) is 16.1. The molecular weight excluding hydrogens is 277 g/mol. The Balaban J connectivity index is 2.35. The largest absolute Gasteiger partial charge is 0.416 e. The molecule has 1 aromatic carbocycles. The van der Waals surface area contributed by atoms with E-state index in [9.17, 15) is 13.2 Å². The standard InChI is InChI=1S/C16H23F3N2/c1-11(2)10-21(13-6-7-13)14-5-4-12(9-20-3)15(8-14)16(17,18)19/h4-5,8,11,13,20H,6-7,9-10H2,1-3H3. The first-order valence-corrected chi connectivity index (χ1v) is 7.44. The Morgan fingerprint density at radius 2 is 1.95 bits per heavy atom. The molecule has 0 aliphatic heterocycles. The van der Waals surface area contributed by atoms with Crippen LogP contribution in [0.15, 0.2) is 18.2 Å². The number of hydrogen-bond acceptors (Lipinski definition) is 2. The fraction of sp³-hybridized carbons (Fsp3) is 0.625. The third-order valence-electron chi connectivity index (χ3n) is 3.65. The second kappa shape index (κ2) is 6.26. The van der Waals surface area contributed by atoms with E-state index in [1.807, 2.05) is 6.07 Å². The first-order valence-electron chi connectivity index (χ1n) is 7.44. The summed E-state index contributed by atoms with van der Waals surface area (Å²) in [5.74, 6) is 0.428.